The maximum absolute atomic E-state index is 6.40. The Morgan fingerprint density at radius 1 is 0.679 bits per heavy atom. The molecule has 0 amide bonds. The molecule has 0 atom stereocenters. The summed E-state index contributed by atoms with van der Waals surface area (Å²) in [6.07, 6.45) is 0. The van der Waals surface area contributed by atoms with E-state index >= 15 is 0 Å². The van der Waals surface area contributed by atoms with Crippen molar-refractivity contribution >= 4 is 44.9 Å². The Labute approximate surface area is 166 Å². The van der Waals surface area contributed by atoms with Crippen molar-refractivity contribution in [2.45, 2.75) is 33.3 Å². The minimum absolute atomic E-state index is 0.0246. The third kappa shape index (κ3) is 2.57. The summed E-state index contributed by atoms with van der Waals surface area (Å²) in [4.78, 5) is 0. The number of rotatable bonds is 1. The van der Waals surface area contributed by atoms with E-state index in [1.807, 2.05) is 0 Å². The Morgan fingerprint density at radius 3 is 1.71 bits per heavy atom. The molecule has 4 aromatic carbocycles. The summed E-state index contributed by atoms with van der Waals surface area (Å²) in [5.74, 6) is 0. The van der Waals surface area contributed by atoms with Gasteiger partial charge in [0.05, 0.1) is 5.60 Å². The maximum Gasteiger partial charge on any atom is 0.494 e. The second kappa shape index (κ2) is 6.07. The molecule has 0 bridgehead atoms. The van der Waals surface area contributed by atoms with Crippen molar-refractivity contribution in [3.8, 4) is 0 Å². The van der Waals surface area contributed by atoms with Crippen LogP contribution >= 0.6 is 0 Å². The normalized spacial score (nSPS) is 18.8. The van der Waals surface area contributed by atoms with Crippen LogP contribution in [0.2, 0.25) is 0 Å². The fourth-order valence-electron chi connectivity index (χ4n) is 4.16. The minimum Gasteiger partial charge on any atom is -0.407 e. The molecule has 4 aromatic rings. The largest absolute Gasteiger partial charge is 0.494 e. The topological polar surface area (TPSA) is 18.5 Å². The lowest BCUT2D eigenvalue weighted by Gasteiger charge is -2.47. The molecule has 3 heteroatoms. The molecule has 0 aliphatic carbocycles. The van der Waals surface area contributed by atoms with Gasteiger partial charge in [-0.05, 0) is 51.6 Å². The van der Waals surface area contributed by atoms with E-state index in [0.29, 0.717) is 6.61 Å². The molecule has 5 rings (SSSR count). The fourth-order valence-corrected chi connectivity index (χ4v) is 4.16. The predicted molar refractivity (Wildman–Crippen MR) is 119 cm³/mol. The second-order valence-corrected chi connectivity index (χ2v) is 9.05. The highest BCUT2D eigenvalue weighted by molar-refractivity contribution is 6.62. The molecular weight excluding hydrogens is 343 g/mol. The van der Waals surface area contributed by atoms with Gasteiger partial charge in [-0.25, -0.2) is 0 Å². The maximum atomic E-state index is 6.40. The summed E-state index contributed by atoms with van der Waals surface area (Å²) in [6.45, 7) is 9.40. The van der Waals surface area contributed by atoms with E-state index in [0.717, 1.165) is 5.46 Å². The van der Waals surface area contributed by atoms with Gasteiger partial charge in [0.25, 0.3) is 0 Å². The quantitative estimate of drug-likeness (QED) is 0.317. The van der Waals surface area contributed by atoms with Crippen molar-refractivity contribution in [2.75, 3.05) is 6.61 Å². The van der Waals surface area contributed by atoms with Crippen LogP contribution < -0.4 is 5.46 Å². The number of benzene rings is 4. The summed E-state index contributed by atoms with van der Waals surface area (Å²) >= 11 is 0. The summed E-state index contributed by atoms with van der Waals surface area (Å²) in [5.41, 5.74) is 0.802. The Bertz CT molecular complexity index is 1170. The molecule has 140 valence electrons. The molecule has 28 heavy (non-hydrogen) atoms. The van der Waals surface area contributed by atoms with Crippen LogP contribution in [0.1, 0.15) is 27.7 Å². The molecule has 1 saturated heterocycles. The van der Waals surface area contributed by atoms with Gasteiger partial charge < -0.3 is 9.31 Å². The monoisotopic (exact) mass is 368 g/mol. The van der Waals surface area contributed by atoms with Crippen LogP contribution in [-0.4, -0.2) is 19.3 Å². The van der Waals surface area contributed by atoms with Crippen LogP contribution in [0.15, 0.2) is 66.7 Å². The standard InChI is InChI=1S/C25H25BO2/c1-24(2)16-27-26(28-25(24,3)4)17-13-14-22-20-11-6-5-9-18(20)19-10-7-8-12-21(19)23(22)15-17/h5-15H,16H2,1-4H3. The average molecular weight is 368 g/mol. The highest BCUT2D eigenvalue weighted by Gasteiger charge is 2.46. The zero-order valence-corrected chi connectivity index (χ0v) is 17.0. The fraction of sp³-hybridized carbons (Fsp3) is 0.280. The van der Waals surface area contributed by atoms with Gasteiger partial charge in [0.2, 0.25) is 0 Å². The average Bonchev–Trinajstić information content (AvgIpc) is 2.70. The van der Waals surface area contributed by atoms with E-state index < -0.39 is 0 Å². The summed E-state index contributed by atoms with van der Waals surface area (Å²) < 4.78 is 12.5. The lowest BCUT2D eigenvalue weighted by molar-refractivity contribution is -0.0937. The van der Waals surface area contributed by atoms with Crippen molar-refractivity contribution in [2.24, 2.45) is 5.41 Å². The van der Waals surface area contributed by atoms with Gasteiger partial charge in [-0.1, -0.05) is 80.6 Å². The molecular formula is C25H25BO2. The van der Waals surface area contributed by atoms with Crippen LogP contribution in [-0.2, 0) is 9.31 Å². The van der Waals surface area contributed by atoms with E-state index in [1.165, 1.54) is 32.3 Å². The van der Waals surface area contributed by atoms with Gasteiger partial charge in [0.15, 0.2) is 0 Å². The minimum atomic E-state index is -0.336. The molecule has 1 fully saturated rings. The zero-order chi connectivity index (χ0) is 19.5. The highest BCUT2D eigenvalue weighted by atomic mass is 16.6. The van der Waals surface area contributed by atoms with E-state index in [4.69, 9.17) is 9.31 Å². The first-order valence-corrected chi connectivity index (χ1v) is 10.00. The number of fused-ring (bicyclic) bond motifs is 6. The zero-order valence-electron chi connectivity index (χ0n) is 17.0. The van der Waals surface area contributed by atoms with Crippen LogP contribution in [0, 0.1) is 5.41 Å². The number of hydrogen-bond donors (Lipinski definition) is 0. The van der Waals surface area contributed by atoms with Gasteiger partial charge in [-0.2, -0.15) is 0 Å². The molecule has 0 unspecified atom stereocenters. The molecule has 2 nitrogen and oxygen atoms in total. The van der Waals surface area contributed by atoms with Gasteiger partial charge in [-0.15, -0.1) is 0 Å². The molecule has 1 aliphatic heterocycles. The van der Waals surface area contributed by atoms with Crippen molar-refractivity contribution in [3.05, 3.63) is 66.7 Å². The summed E-state index contributed by atoms with van der Waals surface area (Å²) in [6, 6.07) is 23.9. The van der Waals surface area contributed by atoms with Crippen LogP contribution in [0.25, 0.3) is 32.3 Å². The Kier molecular flexibility index (Phi) is 3.84. The first-order chi connectivity index (χ1) is 13.4. The molecule has 0 spiro atoms. The van der Waals surface area contributed by atoms with E-state index in [2.05, 4.69) is 94.4 Å². The SMILES string of the molecule is CC1(C)COB(c2ccc3c4ccccc4c4ccccc4c3c2)OC1(C)C. The lowest BCUT2D eigenvalue weighted by Crippen LogP contribution is -2.58. The van der Waals surface area contributed by atoms with Crippen molar-refractivity contribution in [1.29, 1.82) is 0 Å². The lowest BCUT2D eigenvalue weighted by atomic mass is 9.69. The Hall–Kier alpha value is -2.36. The second-order valence-electron chi connectivity index (χ2n) is 9.05. The van der Waals surface area contributed by atoms with E-state index in [9.17, 15) is 0 Å². The Morgan fingerprint density at radius 2 is 1.18 bits per heavy atom. The van der Waals surface area contributed by atoms with Crippen molar-refractivity contribution in [1.82, 2.24) is 0 Å². The van der Waals surface area contributed by atoms with Gasteiger partial charge >= 0.3 is 7.12 Å². The molecule has 0 aromatic heterocycles. The third-order valence-electron chi connectivity index (χ3n) is 6.67. The smallest absolute Gasteiger partial charge is 0.407 e. The predicted octanol–water partition coefficient (Wildman–Crippen LogP) is 5.69. The van der Waals surface area contributed by atoms with Crippen LogP contribution in [0.4, 0.5) is 0 Å². The molecule has 0 saturated carbocycles. The van der Waals surface area contributed by atoms with Gasteiger partial charge in [-0.3, -0.25) is 0 Å². The molecule has 1 aliphatic rings. The van der Waals surface area contributed by atoms with Gasteiger partial charge in [0, 0.05) is 12.0 Å². The molecule has 0 N–H and O–H groups in total. The molecule has 1 heterocycles. The van der Waals surface area contributed by atoms with Crippen LogP contribution in [0.5, 0.6) is 0 Å². The Balaban J connectivity index is 1.72. The van der Waals surface area contributed by atoms with Gasteiger partial charge in [0.1, 0.15) is 0 Å². The van der Waals surface area contributed by atoms with Crippen molar-refractivity contribution in [3.63, 3.8) is 0 Å². The van der Waals surface area contributed by atoms with E-state index in [-0.39, 0.29) is 18.1 Å². The third-order valence-corrected chi connectivity index (χ3v) is 6.67. The van der Waals surface area contributed by atoms with E-state index in [1.54, 1.807) is 0 Å². The number of hydrogen-bond acceptors (Lipinski definition) is 2. The first kappa shape index (κ1) is 17.7. The van der Waals surface area contributed by atoms with Crippen LogP contribution in [0.3, 0.4) is 0 Å². The summed E-state index contributed by atoms with van der Waals surface area (Å²) in [5, 5.41) is 7.67. The van der Waals surface area contributed by atoms with Crippen molar-refractivity contribution < 1.29 is 9.31 Å². The highest BCUT2D eigenvalue weighted by Crippen LogP contribution is 2.39. The molecule has 0 radical (unpaired) electrons. The first-order valence-electron chi connectivity index (χ1n) is 10.00. The summed E-state index contributed by atoms with van der Waals surface area (Å²) in [7, 11) is -0.336.